The van der Waals surface area contributed by atoms with Crippen molar-refractivity contribution in [3.63, 3.8) is 0 Å². The molecular weight excluding hydrogens is 248 g/mol. The number of nitrogens with one attached hydrogen (secondary N) is 1. The van der Waals surface area contributed by atoms with Crippen molar-refractivity contribution in [3.8, 4) is 0 Å². The van der Waals surface area contributed by atoms with E-state index in [0.29, 0.717) is 26.4 Å². The van der Waals surface area contributed by atoms with Gasteiger partial charge in [-0.05, 0) is 12.8 Å². The van der Waals surface area contributed by atoms with Crippen LogP contribution in [0.15, 0.2) is 0 Å². The molecule has 2 fully saturated rings. The third kappa shape index (κ3) is 3.06. The maximum atomic E-state index is 12.4. The van der Waals surface area contributed by atoms with Gasteiger partial charge in [0.25, 0.3) is 0 Å². The molecule has 2 amide bonds. The van der Waals surface area contributed by atoms with Gasteiger partial charge < -0.3 is 19.7 Å². The number of rotatable bonds is 3. The zero-order valence-electron chi connectivity index (χ0n) is 11.7. The zero-order valence-corrected chi connectivity index (χ0v) is 11.7. The summed E-state index contributed by atoms with van der Waals surface area (Å²) in [7, 11) is 0. The Morgan fingerprint density at radius 2 is 2.11 bits per heavy atom. The molecule has 19 heavy (non-hydrogen) atoms. The van der Waals surface area contributed by atoms with Gasteiger partial charge in [0.2, 0.25) is 11.8 Å². The van der Waals surface area contributed by atoms with Gasteiger partial charge in [0.1, 0.15) is 12.1 Å². The summed E-state index contributed by atoms with van der Waals surface area (Å²) in [6.07, 6.45) is -0.140. The second-order valence-corrected chi connectivity index (χ2v) is 5.46. The Kier molecular flexibility index (Phi) is 4.42. The number of nitrogens with zero attached hydrogens (tertiary/aromatic N) is 1. The zero-order chi connectivity index (χ0) is 14.0. The number of amides is 2. The van der Waals surface area contributed by atoms with Crippen LogP contribution in [-0.2, 0) is 19.1 Å². The van der Waals surface area contributed by atoms with E-state index in [1.807, 2.05) is 13.8 Å². The van der Waals surface area contributed by atoms with Crippen molar-refractivity contribution in [2.24, 2.45) is 5.92 Å². The SMILES string of the molecule is CC(C)C1NC(=O)C(C)N(CC2COCCO2)C1=O. The predicted molar refractivity (Wildman–Crippen MR) is 68.5 cm³/mol. The summed E-state index contributed by atoms with van der Waals surface area (Å²) in [6.45, 7) is 7.62. The maximum Gasteiger partial charge on any atom is 0.246 e. The Morgan fingerprint density at radius 1 is 1.37 bits per heavy atom. The van der Waals surface area contributed by atoms with Gasteiger partial charge in [-0.1, -0.05) is 13.8 Å². The first-order valence-electron chi connectivity index (χ1n) is 6.81. The Balaban J connectivity index is 2.06. The van der Waals surface area contributed by atoms with E-state index >= 15 is 0 Å². The lowest BCUT2D eigenvalue weighted by atomic mass is 9.98. The van der Waals surface area contributed by atoms with E-state index in [9.17, 15) is 9.59 Å². The molecule has 3 atom stereocenters. The molecule has 2 rings (SSSR count). The minimum atomic E-state index is -0.451. The quantitative estimate of drug-likeness (QED) is 0.769. The minimum Gasteiger partial charge on any atom is -0.376 e. The largest absolute Gasteiger partial charge is 0.376 e. The highest BCUT2D eigenvalue weighted by Crippen LogP contribution is 2.17. The van der Waals surface area contributed by atoms with E-state index in [4.69, 9.17) is 9.47 Å². The fourth-order valence-corrected chi connectivity index (χ4v) is 2.41. The number of hydrogen-bond acceptors (Lipinski definition) is 4. The summed E-state index contributed by atoms with van der Waals surface area (Å²) in [5, 5.41) is 2.78. The van der Waals surface area contributed by atoms with Crippen LogP contribution >= 0.6 is 0 Å². The molecule has 0 aromatic carbocycles. The van der Waals surface area contributed by atoms with E-state index in [1.165, 1.54) is 0 Å². The van der Waals surface area contributed by atoms with E-state index < -0.39 is 12.1 Å². The van der Waals surface area contributed by atoms with Crippen LogP contribution in [0, 0.1) is 5.92 Å². The van der Waals surface area contributed by atoms with Crippen molar-refractivity contribution >= 4 is 11.8 Å². The number of hydrogen-bond donors (Lipinski definition) is 1. The molecule has 0 saturated carbocycles. The molecule has 6 nitrogen and oxygen atoms in total. The molecule has 2 heterocycles. The predicted octanol–water partition coefficient (Wildman–Crippen LogP) is -0.227. The third-order valence-corrected chi connectivity index (χ3v) is 3.65. The van der Waals surface area contributed by atoms with E-state index in [1.54, 1.807) is 11.8 Å². The lowest BCUT2D eigenvalue weighted by molar-refractivity contribution is -0.156. The molecule has 0 spiro atoms. The number of carbonyl (C=O) groups excluding carboxylic acids is 2. The van der Waals surface area contributed by atoms with Crippen LogP contribution in [-0.4, -0.2) is 61.3 Å². The standard InChI is InChI=1S/C13H22N2O4/c1-8(2)11-13(17)15(9(3)12(16)14-11)6-10-7-18-4-5-19-10/h8-11H,4-7H2,1-3H3,(H,14,16). The lowest BCUT2D eigenvalue weighted by Crippen LogP contribution is -2.65. The van der Waals surface area contributed by atoms with Crippen LogP contribution in [0.1, 0.15) is 20.8 Å². The van der Waals surface area contributed by atoms with Crippen LogP contribution in [0.5, 0.6) is 0 Å². The monoisotopic (exact) mass is 270 g/mol. The number of carbonyl (C=O) groups is 2. The molecule has 0 bridgehead atoms. The Hall–Kier alpha value is -1.14. The first-order valence-corrected chi connectivity index (χ1v) is 6.81. The average Bonchev–Trinajstić information content (AvgIpc) is 2.40. The van der Waals surface area contributed by atoms with Gasteiger partial charge in [-0.25, -0.2) is 0 Å². The second kappa shape index (κ2) is 5.88. The molecule has 2 aliphatic rings. The van der Waals surface area contributed by atoms with Crippen LogP contribution in [0.2, 0.25) is 0 Å². The summed E-state index contributed by atoms with van der Waals surface area (Å²) in [5.74, 6) is -0.0544. The van der Waals surface area contributed by atoms with Gasteiger partial charge in [-0.3, -0.25) is 9.59 Å². The summed E-state index contributed by atoms with van der Waals surface area (Å²) < 4.78 is 10.9. The molecule has 0 aliphatic carbocycles. The van der Waals surface area contributed by atoms with Gasteiger partial charge >= 0.3 is 0 Å². The molecule has 0 aromatic rings. The lowest BCUT2D eigenvalue weighted by Gasteiger charge is -2.40. The topological polar surface area (TPSA) is 67.9 Å². The normalized spacial score (nSPS) is 32.6. The van der Waals surface area contributed by atoms with Crippen molar-refractivity contribution in [1.82, 2.24) is 10.2 Å². The van der Waals surface area contributed by atoms with Crippen molar-refractivity contribution in [1.29, 1.82) is 0 Å². The third-order valence-electron chi connectivity index (χ3n) is 3.65. The highest BCUT2D eigenvalue weighted by atomic mass is 16.6. The fraction of sp³-hybridized carbons (Fsp3) is 0.846. The highest BCUT2D eigenvalue weighted by Gasteiger charge is 2.40. The molecular formula is C13H22N2O4. The summed E-state index contributed by atoms with van der Waals surface area (Å²) in [4.78, 5) is 26.0. The van der Waals surface area contributed by atoms with Crippen LogP contribution in [0.25, 0.3) is 0 Å². The Labute approximate surface area is 113 Å². The van der Waals surface area contributed by atoms with Gasteiger partial charge in [0.05, 0.1) is 32.5 Å². The molecule has 3 unspecified atom stereocenters. The first-order chi connectivity index (χ1) is 9.00. The van der Waals surface area contributed by atoms with Crippen LogP contribution in [0.3, 0.4) is 0 Å². The second-order valence-electron chi connectivity index (χ2n) is 5.46. The molecule has 108 valence electrons. The van der Waals surface area contributed by atoms with Crippen molar-refractivity contribution in [3.05, 3.63) is 0 Å². The average molecular weight is 270 g/mol. The smallest absolute Gasteiger partial charge is 0.246 e. The number of ether oxygens (including phenoxy) is 2. The van der Waals surface area contributed by atoms with Crippen molar-refractivity contribution in [2.45, 2.75) is 39.0 Å². The van der Waals surface area contributed by atoms with Gasteiger partial charge in [0, 0.05) is 0 Å². The maximum absolute atomic E-state index is 12.4. The van der Waals surface area contributed by atoms with Gasteiger partial charge in [0.15, 0.2) is 0 Å². The van der Waals surface area contributed by atoms with Gasteiger partial charge in [-0.15, -0.1) is 0 Å². The molecule has 6 heteroatoms. The molecule has 0 radical (unpaired) electrons. The molecule has 2 aliphatic heterocycles. The molecule has 0 aromatic heterocycles. The Morgan fingerprint density at radius 3 is 2.68 bits per heavy atom. The van der Waals surface area contributed by atoms with E-state index in [-0.39, 0.29) is 23.8 Å². The molecule has 1 N–H and O–H groups in total. The first kappa shape index (κ1) is 14.3. The van der Waals surface area contributed by atoms with Crippen LogP contribution in [0.4, 0.5) is 0 Å². The summed E-state index contributed by atoms with van der Waals surface area (Å²) >= 11 is 0. The van der Waals surface area contributed by atoms with Crippen LogP contribution < -0.4 is 5.32 Å². The van der Waals surface area contributed by atoms with E-state index in [0.717, 1.165) is 0 Å². The van der Waals surface area contributed by atoms with Gasteiger partial charge in [-0.2, -0.15) is 0 Å². The highest BCUT2D eigenvalue weighted by molar-refractivity contribution is 5.96. The Bertz CT molecular complexity index is 353. The summed E-state index contributed by atoms with van der Waals surface area (Å²) in [5.41, 5.74) is 0. The number of piperazine rings is 1. The van der Waals surface area contributed by atoms with E-state index in [2.05, 4.69) is 5.32 Å². The minimum absolute atomic E-state index is 0.0312. The summed E-state index contributed by atoms with van der Waals surface area (Å²) in [6, 6.07) is -0.888. The van der Waals surface area contributed by atoms with Crippen molar-refractivity contribution < 1.29 is 19.1 Å². The molecule has 2 saturated heterocycles. The van der Waals surface area contributed by atoms with Crippen molar-refractivity contribution in [2.75, 3.05) is 26.4 Å². The fourth-order valence-electron chi connectivity index (χ4n) is 2.41.